The minimum absolute atomic E-state index is 0.234. The summed E-state index contributed by atoms with van der Waals surface area (Å²) >= 11 is 0. The van der Waals surface area contributed by atoms with E-state index in [1.54, 1.807) is 31.5 Å². The molecule has 1 aromatic carbocycles. The number of aryl methyl sites for hydroxylation is 1. The van der Waals surface area contributed by atoms with E-state index in [9.17, 15) is 9.18 Å². The first-order valence-electron chi connectivity index (χ1n) is 8.54. The Hall–Kier alpha value is -3.35. The number of aromatic nitrogens is 3. The second-order valence-corrected chi connectivity index (χ2v) is 6.15. The van der Waals surface area contributed by atoms with E-state index in [0.29, 0.717) is 17.3 Å². The molecule has 0 saturated heterocycles. The Morgan fingerprint density at radius 2 is 1.93 bits per heavy atom. The molecule has 138 valence electrons. The number of halogens is 1. The van der Waals surface area contributed by atoms with Crippen LogP contribution in [-0.2, 0) is 6.42 Å². The first-order chi connectivity index (χ1) is 13.0. The minimum atomic E-state index is -0.414. The van der Waals surface area contributed by atoms with Crippen LogP contribution >= 0.6 is 0 Å². The molecular formula is C20H20FN5O. The molecule has 27 heavy (non-hydrogen) atoms. The highest BCUT2D eigenvalue weighted by Gasteiger charge is 2.13. The predicted octanol–water partition coefficient (Wildman–Crippen LogP) is 3.25. The number of anilines is 2. The third kappa shape index (κ3) is 5.07. The summed E-state index contributed by atoms with van der Waals surface area (Å²) in [4.78, 5) is 27.1. The first-order valence-corrected chi connectivity index (χ1v) is 8.54. The quantitative estimate of drug-likeness (QED) is 0.726. The van der Waals surface area contributed by atoms with Gasteiger partial charge in [0.1, 0.15) is 23.2 Å². The molecule has 0 bridgehead atoms. The molecule has 0 spiro atoms. The molecule has 0 fully saturated rings. The van der Waals surface area contributed by atoms with Crippen LogP contribution < -0.4 is 10.2 Å². The number of hydrogen-bond donors (Lipinski definition) is 1. The van der Waals surface area contributed by atoms with Crippen LogP contribution in [0.1, 0.15) is 21.9 Å². The van der Waals surface area contributed by atoms with Gasteiger partial charge in [-0.15, -0.1) is 0 Å². The molecule has 2 heterocycles. The molecule has 0 atom stereocenters. The van der Waals surface area contributed by atoms with Gasteiger partial charge >= 0.3 is 0 Å². The van der Waals surface area contributed by atoms with Gasteiger partial charge in [-0.3, -0.25) is 9.78 Å². The van der Waals surface area contributed by atoms with Gasteiger partial charge in [-0.25, -0.2) is 14.4 Å². The van der Waals surface area contributed by atoms with Crippen LogP contribution in [0.15, 0.2) is 54.9 Å². The monoisotopic (exact) mass is 365 g/mol. The number of amides is 1. The van der Waals surface area contributed by atoms with Gasteiger partial charge in [0, 0.05) is 37.7 Å². The molecular weight excluding hydrogens is 345 g/mol. The number of likely N-dealkylation sites (N-methyl/N-ethyl adjacent to an activating group) is 1. The lowest BCUT2D eigenvalue weighted by atomic mass is 10.2. The van der Waals surface area contributed by atoms with Crippen molar-refractivity contribution >= 4 is 17.4 Å². The summed E-state index contributed by atoms with van der Waals surface area (Å²) in [6, 6.07) is 11.3. The van der Waals surface area contributed by atoms with Crippen molar-refractivity contribution in [2.24, 2.45) is 0 Å². The number of benzene rings is 1. The largest absolute Gasteiger partial charge is 0.359 e. The number of nitrogens with one attached hydrogen (secondary N) is 1. The predicted molar refractivity (Wildman–Crippen MR) is 102 cm³/mol. The molecule has 0 unspecified atom stereocenters. The summed E-state index contributed by atoms with van der Waals surface area (Å²) < 4.78 is 13.3. The average Bonchev–Trinajstić information content (AvgIpc) is 2.66. The molecule has 0 aliphatic carbocycles. The normalized spacial score (nSPS) is 10.5. The van der Waals surface area contributed by atoms with E-state index in [0.717, 1.165) is 13.0 Å². The second-order valence-electron chi connectivity index (χ2n) is 6.15. The lowest BCUT2D eigenvalue weighted by Gasteiger charge is -2.19. The Morgan fingerprint density at radius 1 is 1.15 bits per heavy atom. The van der Waals surface area contributed by atoms with E-state index in [1.165, 1.54) is 23.8 Å². The maximum Gasteiger partial charge on any atom is 0.274 e. The van der Waals surface area contributed by atoms with E-state index in [4.69, 9.17) is 0 Å². The molecule has 3 rings (SSSR count). The Morgan fingerprint density at radius 3 is 2.67 bits per heavy atom. The van der Waals surface area contributed by atoms with Crippen LogP contribution in [0.2, 0.25) is 0 Å². The fourth-order valence-corrected chi connectivity index (χ4v) is 2.59. The smallest absolute Gasteiger partial charge is 0.274 e. The third-order valence-corrected chi connectivity index (χ3v) is 4.02. The van der Waals surface area contributed by atoms with E-state index >= 15 is 0 Å². The van der Waals surface area contributed by atoms with Crippen molar-refractivity contribution in [2.45, 2.75) is 13.3 Å². The second kappa shape index (κ2) is 8.35. The number of carbonyl (C=O) groups excluding carboxylic acids is 1. The SMILES string of the molecule is Cc1nc(C(=O)Nc2cccc(F)c2)cc(N(C)CCc2ccncc2)n1. The highest BCUT2D eigenvalue weighted by Crippen LogP contribution is 2.15. The molecule has 0 aliphatic rings. The Balaban J connectivity index is 1.72. The summed E-state index contributed by atoms with van der Waals surface area (Å²) in [5, 5.41) is 2.66. The summed E-state index contributed by atoms with van der Waals surface area (Å²) in [5.74, 6) is 0.326. The minimum Gasteiger partial charge on any atom is -0.359 e. The van der Waals surface area contributed by atoms with E-state index in [2.05, 4.69) is 20.3 Å². The zero-order valence-corrected chi connectivity index (χ0v) is 15.2. The van der Waals surface area contributed by atoms with Crippen LogP contribution in [0.25, 0.3) is 0 Å². The molecule has 6 nitrogen and oxygen atoms in total. The first kappa shape index (κ1) is 18.4. The average molecular weight is 365 g/mol. The van der Waals surface area contributed by atoms with Crippen LogP contribution in [-0.4, -0.2) is 34.5 Å². The highest BCUT2D eigenvalue weighted by atomic mass is 19.1. The van der Waals surface area contributed by atoms with Gasteiger partial charge in [-0.2, -0.15) is 0 Å². The van der Waals surface area contributed by atoms with Gasteiger partial charge in [0.15, 0.2) is 0 Å². The maximum atomic E-state index is 13.3. The van der Waals surface area contributed by atoms with Gasteiger partial charge in [-0.05, 0) is 49.2 Å². The molecule has 1 N–H and O–H groups in total. The van der Waals surface area contributed by atoms with Crippen molar-refractivity contribution in [3.05, 3.63) is 77.8 Å². The summed E-state index contributed by atoms with van der Waals surface area (Å²) in [6.07, 6.45) is 4.35. The Bertz CT molecular complexity index is 933. The fraction of sp³-hybridized carbons (Fsp3) is 0.200. The van der Waals surface area contributed by atoms with Gasteiger partial charge < -0.3 is 10.2 Å². The number of pyridine rings is 1. The van der Waals surface area contributed by atoms with Gasteiger partial charge in [0.25, 0.3) is 5.91 Å². The van der Waals surface area contributed by atoms with Gasteiger partial charge in [0.2, 0.25) is 0 Å². The number of nitrogens with zero attached hydrogens (tertiary/aromatic N) is 4. The standard InChI is InChI=1S/C20H20FN5O/c1-14-23-18(20(27)25-17-5-3-4-16(21)12-17)13-19(24-14)26(2)11-8-15-6-9-22-10-7-15/h3-7,9-10,12-13H,8,11H2,1-2H3,(H,25,27). The van der Waals surface area contributed by atoms with Crippen molar-refractivity contribution in [1.82, 2.24) is 15.0 Å². The topological polar surface area (TPSA) is 71.0 Å². The lowest BCUT2D eigenvalue weighted by Crippen LogP contribution is -2.23. The van der Waals surface area contributed by atoms with Crippen LogP contribution in [0, 0.1) is 12.7 Å². The summed E-state index contributed by atoms with van der Waals surface area (Å²) in [7, 11) is 1.91. The van der Waals surface area contributed by atoms with Crippen LogP contribution in [0.3, 0.4) is 0 Å². The van der Waals surface area contributed by atoms with Gasteiger partial charge in [-0.1, -0.05) is 6.07 Å². The van der Waals surface area contributed by atoms with Crippen molar-refractivity contribution in [1.29, 1.82) is 0 Å². The zero-order valence-electron chi connectivity index (χ0n) is 15.2. The fourth-order valence-electron chi connectivity index (χ4n) is 2.59. The summed E-state index contributed by atoms with van der Waals surface area (Å²) in [6.45, 7) is 2.46. The van der Waals surface area contributed by atoms with Crippen molar-refractivity contribution < 1.29 is 9.18 Å². The summed E-state index contributed by atoms with van der Waals surface area (Å²) in [5.41, 5.74) is 1.79. The van der Waals surface area contributed by atoms with Crippen LogP contribution in [0.5, 0.6) is 0 Å². The highest BCUT2D eigenvalue weighted by molar-refractivity contribution is 6.03. The van der Waals surface area contributed by atoms with E-state index in [1.807, 2.05) is 24.1 Å². The van der Waals surface area contributed by atoms with E-state index in [-0.39, 0.29) is 5.69 Å². The van der Waals surface area contributed by atoms with E-state index < -0.39 is 11.7 Å². The molecule has 3 aromatic rings. The Kier molecular flexibility index (Phi) is 5.71. The van der Waals surface area contributed by atoms with Crippen molar-refractivity contribution in [3.8, 4) is 0 Å². The third-order valence-electron chi connectivity index (χ3n) is 4.02. The molecule has 1 amide bonds. The Labute approximate surface area is 157 Å². The van der Waals surface area contributed by atoms with Crippen molar-refractivity contribution in [3.63, 3.8) is 0 Å². The lowest BCUT2D eigenvalue weighted by molar-refractivity contribution is 0.102. The van der Waals surface area contributed by atoms with Crippen molar-refractivity contribution in [2.75, 3.05) is 23.8 Å². The van der Waals surface area contributed by atoms with Gasteiger partial charge in [0.05, 0.1) is 0 Å². The maximum absolute atomic E-state index is 13.3. The number of hydrogen-bond acceptors (Lipinski definition) is 5. The molecule has 0 radical (unpaired) electrons. The molecule has 2 aromatic heterocycles. The molecule has 0 saturated carbocycles. The number of carbonyl (C=O) groups is 1. The number of rotatable bonds is 6. The zero-order chi connectivity index (χ0) is 19.2. The molecule has 0 aliphatic heterocycles. The van der Waals surface area contributed by atoms with Crippen LogP contribution in [0.4, 0.5) is 15.9 Å². The molecule has 7 heteroatoms.